The van der Waals surface area contributed by atoms with Crippen LogP contribution in [0.1, 0.15) is 15.9 Å². The molecule has 112 valence electrons. The van der Waals surface area contributed by atoms with Crippen LogP contribution in [0.15, 0.2) is 35.1 Å². The standard InChI is InChI=1S/C12H10BrF3N4O/c13-10-2-1-8(12(14,15)16)7-9(10)11(21)17-3-5-20-6-4-18-19-20/h1-2,4,6-7H,3,5H2,(H,17,21). The summed E-state index contributed by atoms with van der Waals surface area (Å²) in [6, 6.07) is 2.93. The van der Waals surface area contributed by atoms with Crippen molar-refractivity contribution in [2.75, 3.05) is 6.54 Å². The first kappa shape index (κ1) is 15.5. The largest absolute Gasteiger partial charge is 0.416 e. The Kier molecular flexibility index (Phi) is 4.61. The van der Waals surface area contributed by atoms with Crippen LogP contribution in [0.4, 0.5) is 13.2 Å². The normalized spacial score (nSPS) is 11.4. The van der Waals surface area contributed by atoms with Gasteiger partial charge in [-0.3, -0.25) is 9.48 Å². The fraction of sp³-hybridized carbons (Fsp3) is 0.250. The first-order chi connectivity index (χ1) is 9.88. The van der Waals surface area contributed by atoms with E-state index in [1.807, 2.05) is 0 Å². The molecule has 0 aliphatic heterocycles. The van der Waals surface area contributed by atoms with E-state index in [0.29, 0.717) is 11.0 Å². The molecule has 0 radical (unpaired) electrons. The highest BCUT2D eigenvalue weighted by Gasteiger charge is 2.31. The number of benzene rings is 1. The second-order valence-electron chi connectivity index (χ2n) is 4.11. The Hall–Kier alpha value is -1.90. The van der Waals surface area contributed by atoms with Crippen molar-refractivity contribution in [3.8, 4) is 0 Å². The van der Waals surface area contributed by atoms with Crippen molar-refractivity contribution in [1.29, 1.82) is 0 Å². The number of alkyl halides is 3. The topological polar surface area (TPSA) is 59.8 Å². The van der Waals surface area contributed by atoms with Crippen molar-refractivity contribution in [3.05, 3.63) is 46.2 Å². The summed E-state index contributed by atoms with van der Waals surface area (Å²) in [6.45, 7) is 0.604. The van der Waals surface area contributed by atoms with Crippen LogP contribution in [0.5, 0.6) is 0 Å². The van der Waals surface area contributed by atoms with Gasteiger partial charge in [-0.15, -0.1) is 5.10 Å². The zero-order valence-electron chi connectivity index (χ0n) is 10.6. The molecule has 0 bridgehead atoms. The molecule has 0 spiro atoms. The van der Waals surface area contributed by atoms with E-state index in [-0.39, 0.29) is 12.1 Å². The van der Waals surface area contributed by atoms with Gasteiger partial charge in [-0.2, -0.15) is 13.2 Å². The van der Waals surface area contributed by atoms with Gasteiger partial charge in [0.05, 0.1) is 23.9 Å². The summed E-state index contributed by atoms with van der Waals surface area (Å²) in [4.78, 5) is 11.9. The van der Waals surface area contributed by atoms with Gasteiger partial charge in [0.25, 0.3) is 5.91 Å². The highest BCUT2D eigenvalue weighted by molar-refractivity contribution is 9.10. The number of carbonyl (C=O) groups excluding carboxylic acids is 1. The van der Waals surface area contributed by atoms with E-state index in [1.54, 1.807) is 6.20 Å². The first-order valence-electron chi connectivity index (χ1n) is 5.87. The molecular formula is C12H10BrF3N4O. The van der Waals surface area contributed by atoms with Crippen molar-refractivity contribution < 1.29 is 18.0 Å². The van der Waals surface area contributed by atoms with Gasteiger partial charge in [0.15, 0.2) is 0 Å². The monoisotopic (exact) mass is 362 g/mol. The van der Waals surface area contributed by atoms with Crippen LogP contribution in [0, 0.1) is 0 Å². The minimum Gasteiger partial charge on any atom is -0.350 e. The van der Waals surface area contributed by atoms with Crippen LogP contribution in [-0.2, 0) is 12.7 Å². The zero-order chi connectivity index (χ0) is 15.5. The van der Waals surface area contributed by atoms with Crippen LogP contribution in [-0.4, -0.2) is 27.4 Å². The Morgan fingerprint density at radius 3 is 2.76 bits per heavy atom. The average Bonchev–Trinajstić information content (AvgIpc) is 2.91. The van der Waals surface area contributed by atoms with Gasteiger partial charge in [-0.25, -0.2) is 0 Å². The Morgan fingerprint density at radius 2 is 2.14 bits per heavy atom. The lowest BCUT2D eigenvalue weighted by atomic mass is 10.1. The van der Waals surface area contributed by atoms with Gasteiger partial charge < -0.3 is 5.32 Å². The highest BCUT2D eigenvalue weighted by Crippen LogP contribution is 2.31. The fourth-order valence-electron chi connectivity index (χ4n) is 1.61. The Balaban J connectivity index is 2.04. The summed E-state index contributed by atoms with van der Waals surface area (Å²) in [6.07, 6.45) is -1.38. The van der Waals surface area contributed by atoms with Gasteiger partial charge in [0.2, 0.25) is 0 Å². The van der Waals surface area contributed by atoms with E-state index in [9.17, 15) is 18.0 Å². The van der Waals surface area contributed by atoms with Crippen molar-refractivity contribution >= 4 is 21.8 Å². The summed E-state index contributed by atoms with van der Waals surface area (Å²) in [5, 5.41) is 9.84. The fourth-order valence-corrected chi connectivity index (χ4v) is 2.03. The summed E-state index contributed by atoms with van der Waals surface area (Å²) in [7, 11) is 0. The first-order valence-corrected chi connectivity index (χ1v) is 6.66. The van der Waals surface area contributed by atoms with E-state index in [2.05, 4.69) is 31.6 Å². The van der Waals surface area contributed by atoms with Gasteiger partial charge in [-0.1, -0.05) is 5.21 Å². The molecule has 9 heteroatoms. The van der Waals surface area contributed by atoms with E-state index < -0.39 is 17.6 Å². The maximum absolute atomic E-state index is 12.6. The number of nitrogens with zero attached hydrogens (tertiary/aromatic N) is 3. The SMILES string of the molecule is O=C(NCCn1ccnn1)c1cc(C(F)(F)F)ccc1Br. The maximum atomic E-state index is 12.6. The number of rotatable bonds is 4. The molecule has 1 N–H and O–H groups in total. The molecule has 0 unspecified atom stereocenters. The summed E-state index contributed by atoms with van der Waals surface area (Å²) >= 11 is 3.07. The van der Waals surface area contributed by atoms with Gasteiger partial charge in [-0.05, 0) is 34.1 Å². The van der Waals surface area contributed by atoms with Crippen LogP contribution >= 0.6 is 15.9 Å². The lowest BCUT2D eigenvalue weighted by molar-refractivity contribution is -0.137. The quantitative estimate of drug-likeness (QED) is 0.908. The maximum Gasteiger partial charge on any atom is 0.416 e. The predicted octanol–water partition coefficient (Wildman–Crippen LogP) is 2.49. The lowest BCUT2D eigenvalue weighted by Gasteiger charge is -2.11. The number of nitrogens with one attached hydrogen (secondary N) is 1. The number of aromatic nitrogens is 3. The molecule has 1 amide bonds. The number of hydrogen-bond donors (Lipinski definition) is 1. The van der Waals surface area contributed by atoms with Crippen LogP contribution < -0.4 is 5.32 Å². The molecule has 0 saturated carbocycles. The highest BCUT2D eigenvalue weighted by atomic mass is 79.9. The second kappa shape index (κ2) is 6.25. The number of hydrogen-bond acceptors (Lipinski definition) is 3. The molecule has 2 aromatic rings. The van der Waals surface area contributed by atoms with Gasteiger partial charge >= 0.3 is 6.18 Å². The Bertz CT molecular complexity index is 628. The molecule has 0 atom stereocenters. The van der Waals surface area contributed by atoms with Gasteiger partial charge in [0, 0.05) is 17.2 Å². The van der Waals surface area contributed by atoms with Crippen LogP contribution in [0.25, 0.3) is 0 Å². The Labute approximate surface area is 126 Å². The summed E-state index contributed by atoms with van der Waals surface area (Å²) < 4.78 is 39.7. The molecule has 1 heterocycles. The van der Waals surface area contributed by atoms with Crippen LogP contribution in [0.2, 0.25) is 0 Å². The molecule has 21 heavy (non-hydrogen) atoms. The third kappa shape index (κ3) is 4.03. The number of halogens is 4. The van der Waals surface area contributed by atoms with Crippen molar-refractivity contribution in [2.45, 2.75) is 12.7 Å². The molecule has 0 fully saturated rings. The minimum atomic E-state index is -4.49. The predicted molar refractivity (Wildman–Crippen MR) is 71.5 cm³/mol. The van der Waals surface area contributed by atoms with Crippen molar-refractivity contribution in [1.82, 2.24) is 20.3 Å². The van der Waals surface area contributed by atoms with Gasteiger partial charge in [0.1, 0.15) is 0 Å². The van der Waals surface area contributed by atoms with Crippen molar-refractivity contribution in [3.63, 3.8) is 0 Å². The smallest absolute Gasteiger partial charge is 0.350 e. The molecule has 2 rings (SSSR count). The molecule has 0 aliphatic carbocycles. The van der Waals surface area contributed by atoms with E-state index >= 15 is 0 Å². The van der Waals surface area contributed by atoms with E-state index in [0.717, 1.165) is 12.1 Å². The van der Waals surface area contributed by atoms with E-state index in [4.69, 9.17) is 0 Å². The molecular weight excluding hydrogens is 353 g/mol. The molecule has 0 saturated heterocycles. The third-order valence-corrected chi connectivity index (χ3v) is 3.33. The summed E-state index contributed by atoms with van der Waals surface area (Å²) in [5.74, 6) is -0.590. The van der Waals surface area contributed by atoms with Crippen molar-refractivity contribution in [2.24, 2.45) is 0 Å². The lowest BCUT2D eigenvalue weighted by Crippen LogP contribution is -2.28. The molecule has 0 aliphatic rings. The molecule has 5 nitrogen and oxygen atoms in total. The third-order valence-electron chi connectivity index (χ3n) is 2.64. The summed E-state index contributed by atoms with van der Waals surface area (Å²) in [5.41, 5.74) is -0.935. The second-order valence-corrected chi connectivity index (χ2v) is 4.97. The molecule has 1 aromatic carbocycles. The zero-order valence-corrected chi connectivity index (χ0v) is 12.1. The molecule has 1 aromatic heterocycles. The van der Waals surface area contributed by atoms with Crippen LogP contribution in [0.3, 0.4) is 0 Å². The minimum absolute atomic E-state index is 0.0663. The number of amides is 1. The average molecular weight is 363 g/mol. The van der Waals surface area contributed by atoms with E-state index in [1.165, 1.54) is 16.9 Å². The number of carbonyl (C=O) groups is 1. The Morgan fingerprint density at radius 1 is 1.38 bits per heavy atom.